The summed E-state index contributed by atoms with van der Waals surface area (Å²) >= 11 is 3.52. The van der Waals surface area contributed by atoms with E-state index in [0.29, 0.717) is 0 Å². The number of hydrogen-bond acceptors (Lipinski definition) is 5. The Labute approximate surface area is 168 Å². The number of guanidine groups is 1. The largest absolute Gasteiger partial charge is 0.357 e. The quantitative estimate of drug-likeness (QED) is 0.326. The molecule has 0 aliphatic rings. The molecule has 3 rings (SSSR count). The van der Waals surface area contributed by atoms with Gasteiger partial charge >= 0.3 is 0 Å². The fraction of sp³-hybridized carbons (Fsp3) is 0.421. The fourth-order valence-electron chi connectivity index (χ4n) is 2.63. The van der Waals surface area contributed by atoms with Crippen LogP contribution in [-0.2, 0) is 13.0 Å². The molecule has 0 saturated heterocycles. The summed E-state index contributed by atoms with van der Waals surface area (Å²) < 4.78 is 1.94. The lowest BCUT2D eigenvalue weighted by Gasteiger charge is -2.10. The van der Waals surface area contributed by atoms with Crippen LogP contribution in [0.3, 0.4) is 0 Å². The predicted molar refractivity (Wildman–Crippen MR) is 115 cm³/mol. The van der Waals surface area contributed by atoms with Gasteiger partial charge < -0.3 is 10.6 Å². The van der Waals surface area contributed by atoms with Crippen LogP contribution in [0.1, 0.15) is 23.2 Å². The first kappa shape index (κ1) is 19.6. The average molecular weight is 403 g/mol. The van der Waals surface area contributed by atoms with Crippen LogP contribution >= 0.6 is 22.7 Å². The Morgan fingerprint density at radius 1 is 1.30 bits per heavy atom. The van der Waals surface area contributed by atoms with E-state index in [2.05, 4.69) is 50.1 Å². The summed E-state index contributed by atoms with van der Waals surface area (Å²) in [7, 11) is 0. The Hall–Kier alpha value is -2.19. The van der Waals surface area contributed by atoms with Crippen molar-refractivity contribution in [1.29, 1.82) is 0 Å². The van der Waals surface area contributed by atoms with Crippen molar-refractivity contribution in [2.45, 2.75) is 33.2 Å². The predicted octanol–water partition coefficient (Wildman–Crippen LogP) is 3.56. The first-order chi connectivity index (χ1) is 13.2. The summed E-state index contributed by atoms with van der Waals surface area (Å²) in [5, 5.41) is 14.2. The summed E-state index contributed by atoms with van der Waals surface area (Å²) in [5.41, 5.74) is 1.09. The van der Waals surface area contributed by atoms with Gasteiger partial charge in [0.25, 0.3) is 0 Å². The van der Waals surface area contributed by atoms with Gasteiger partial charge in [-0.3, -0.25) is 9.67 Å². The zero-order valence-electron chi connectivity index (χ0n) is 15.8. The van der Waals surface area contributed by atoms with E-state index in [-0.39, 0.29) is 0 Å². The molecule has 0 aliphatic carbocycles. The van der Waals surface area contributed by atoms with E-state index in [0.717, 1.165) is 55.7 Å². The number of nitrogens with one attached hydrogen (secondary N) is 2. The number of thiophene rings is 1. The number of hydrogen-bond donors (Lipinski definition) is 2. The lowest BCUT2D eigenvalue weighted by molar-refractivity contribution is 0.584. The van der Waals surface area contributed by atoms with E-state index in [1.54, 1.807) is 17.5 Å². The molecular formula is C19H26N6S2. The van der Waals surface area contributed by atoms with Crippen molar-refractivity contribution in [2.75, 3.05) is 19.6 Å². The van der Waals surface area contributed by atoms with E-state index >= 15 is 0 Å². The lowest BCUT2D eigenvalue weighted by atomic mass is 10.3. The Morgan fingerprint density at radius 3 is 2.96 bits per heavy atom. The molecule has 6 nitrogen and oxygen atoms in total. The molecule has 3 aromatic heterocycles. The molecule has 3 aromatic rings. The van der Waals surface area contributed by atoms with E-state index in [1.807, 2.05) is 35.2 Å². The van der Waals surface area contributed by atoms with Crippen LogP contribution in [0.5, 0.6) is 0 Å². The molecule has 0 atom stereocenters. The normalized spacial score (nSPS) is 11.7. The van der Waals surface area contributed by atoms with Gasteiger partial charge in [-0.05, 0) is 44.9 Å². The van der Waals surface area contributed by atoms with Gasteiger partial charge in [0.1, 0.15) is 0 Å². The van der Waals surface area contributed by atoms with Gasteiger partial charge in [0.05, 0.1) is 15.6 Å². The Balaban J connectivity index is 1.43. The minimum atomic E-state index is 0.779. The van der Waals surface area contributed by atoms with E-state index in [1.165, 1.54) is 9.75 Å². The SMILES string of the molecule is CCNC(=NCCCn1cccn1)NCCc1ccc(-c2csc(C)n2)s1. The van der Waals surface area contributed by atoms with Crippen molar-refractivity contribution in [3.05, 3.63) is 45.9 Å². The lowest BCUT2D eigenvalue weighted by Crippen LogP contribution is -2.38. The molecule has 0 fully saturated rings. The first-order valence-electron chi connectivity index (χ1n) is 9.25. The van der Waals surface area contributed by atoms with Crippen molar-refractivity contribution in [3.63, 3.8) is 0 Å². The maximum absolute atomic E-state index is 4.65. The van der Waals surface area contributed by atoms with Crippen LogP contribution in [0.4, 0.5) is 0 Å². The van der Waals surface area contributed by atoms with Crippen LogP contribution < -0.4 is 10.6 Å². The number of aliphatic imine (C=N–C) groups is 1. The number of thiazole rings is 1. The third-order valence-corrected chi connectivity index (χ3v) is 5.86. The Kier molecular flexibility index (Phi) is 7.41. The highest BCUT2D eigenvalue weighted by Gasteiger charge is 2.06. The zero-order chi connectivity index (χ0) is 18.9. The molecule has 0 radical (unpaired) electrons. The Bertz CT molecular complexity index is 834. The molecular weight excluding hydrogens is 376 g/mol. The third kappa shape index (κ3) is 6.18. The van der Waals surface area contributed by atoms with Crippen molar-refractivity contribution < 1.29 is 0 Å². The van der Waals surface area contributed by atoms with Crippen LogP contribution in [0.15, 0.2) is 41.0 Å². The van der Waals surface area contributed by atoms with Gasteiger partial charge in [-0.15, -0.1) is 22.7 Å². The van der Waals surface area contributed by atoms with Crippen LogP contribution in [0, 0.1) is 6.92 Å². The molecule has 3 heterocycles. The minimum absolute atomic E-state index is 0.779. The van der Waals surface area contributed by atoms with Gasteiger partial charge in [-0.2, -0.15) is 5.10 Å². The van der Waals surface area contributed by atoms with Gasteiger partial charge in [0.2, 0.25) is 0 Å². The second-order valence-corrected chi connectivity index (χ2v) is 8.31. The molecule has 0 amide bonds. The Morgan fingerprint density at radius 2 is 2.22 bits per heavy atom. The number of aromatic nitrogens is 3. The molecule has 0 saturated carbocycles. The van der Waals surface area contributed by atoms with E-state index in [9.17, 15) is 0 Å². The summed E-state index contributed by atoms with van der Waals surface area (Å²) in [5.74, 6) is 0.880. The van der Waals surface area contributed by atoms with E-state index < -0.39 is 0 Å². The number of aryl methyl sites for hydroxylation is 2. The zero-order valence-corrected chi connectivity index (χ0v) is 17.4. The molecule has 8 heteroatoms. The molecule has 0 bridgehead atoms. The van der Waals surface area contributed by atoms with E-state index in [4.69, 9.17) is 0 Å². The minimum Gasteiger partial charge on any atom is -0.357 e. The summed E-state index contributed by atoms with van der Waals surface area (Å²) in [4.78, 5) is 11.8. The highest BCUT2D eigenvalue weighted by atomic mass is 32.1. The van der Waals surface area contributed by atoms with Crippen molar-refractivity contribution in [3.8, 4) is 10.6 Å². The van der Waals surface area contributed by atoms with Gasteiger partial charge in [0.15, 0.2) is 5.96 Å². The van der Waals surface area contributed by atoms with Crippen LogP contribution in [-0.4, -0.2) is 40.4 Å². The summed E-state index contributed by atoms with van der Waals surface area (Å²) in [6, 6.07) is 6.31. The second kappa shape index (κ2) is 10.2. The standard InChI is InChI=1S/C19H26N6S2/c1-3-20-19(21-9-4-12-25-13-5-10-23-25)22-11-8-16-6-7-18(27-16)17-14-26-15(2)24-17/h5-7,10,13-14H,3-4,8-9,11-12H2,1-2H3,(H2,20,21,22). The molecule has 0 unspecified atom stereocenters. The molecule has 27 heavy (non-hydrogen) atoms. The van der Waals surface area contributed by atoms with Crippen LogP contribution in [0.25, 0.3) is 10.6 Å². The summed E-state index contributed by atoms with van der Waals surface area (Å²) in [6.45, 7) is 7.52. The smallest absolute Gasteiger partial charge is 0.191 e. The van der Waals surface area contributed by atoms with Crippen molar-refractivity contribution in [2.24, 2.45) is 4.99 Å². The second-order valence-electron chi connectivity index (χ2n) is 6.08. The highest BCUT2D eigenvalue weighted by Crippen LogP contribution is 2.29. The van der Waals surface area contributed by atoms with Gasteiger partial charge in [0, 0.05) is 48.8 Å². The number of rotatable bonds is 9. The molecule has 0 spiro atoms. The summed E-state index contributed by atoms with van der Waals surface area (Å²) in [6.07, 6.45) is 5.74. The fourth-order valence-corrected chi connectivity index (χ4v) is 4.28. The topological polar surface area (TPSA) is 67.1 Å². The van der Waals surface area contributed by atoms with Crippen molar-refractivity contribution >= 4 is 28.6 Å². The van der Waals surface area contributed by atoms with Gasteiger partial charge in [-0.1, -0.05) is 0 Å². The highest BCUT2D eigenvalue weighted by molar-refractivity contribution is 7.16. The average Bonchev–Trinajstić information content (AvgIpc) is 3.40. The molecule has 2 N–H and O–H groups in total. The first-order valence-corrected chi connectivity index (χ1v) is 10.9. The third-order valence-electron chi connectivity index (χ3n) is 3.92. The molecule has 144 valence electrons. The van der Waals surface area contributed by atoms with Gasteiger partial charge in [-0.25, -0.2) is 4.98 Å². The number of nitrogens with zero attached hydrogens (tertiary/aromatic N) is 4. The molecule has 0 aromatic carbocycles. The molecule has 0 aliphatic heterocycles. The van der Waals surface area contributed by atoms with Crippen molar-refractivity contribution in [1.82, 2.24) is 25.4 Å². The maximum Gasteiger partial charge on any atom is 0.191 e. The maximum atomic E-state index is 4.65. The van der Waals surface area contributed by atoms with Crippen LogP contribution in [0.2, 0.25) is 0 Å². The monoisotopic (exact) mass is 402 g/mol.